The number of nitrogens with one attached hydrogen (secondary N) is 2. The molecule has 0 fully saturated rings. The number of halogens is 1. The highest BCUT2D eigenvalue weighted by atomic mass is 19.1. The third kappa shape index (κ3) is 5.31. The molecule has 0 aliphatic heterocycles. The second-order valence-corrected chi connectivity index (χ2v) is 6.06. The first-order chi connectivity index (χ1) is 13.1. The van der Waals surface area contributed by atoms with Gasteiger partial charge in [0.05, 0.1) is 13.4 Å². The van der Waals surface area contributed by atoms with Crippen LogP contribution in [-0.2, 0) is 19.6 Å². The molecule has 1 heterocycles. The van der Waals surface area contributed by atoms with Crippen molar-refractivity contribution in [2.45, 2.75) is 19.6 Å². The lowest BCUT2D eigenvalue weighted by Crippen LogP contribution is -2.34. The number of ether oxygens (including phenoxy) is 1. The van der Waals surface area contributed by atoms with Crippen LogP contribution in [0.2, 0.25) is 0 Å². The highest BCUT2D eigenvalue weighted by molar-refractivity contribution is 5.73. The standard InChI is InChI=1S/C20H21FN4O2/c1-27-19-6-5-16(10-18(19)21)12-24-20(26)23-11-15-3-2-4-17(9-15)13-25-8-7-22-14-25/h2-10,14H,11-13H2,1H3,(H2,23,24,26). The molecule has 2 aromatic carbocycles. The zero-order valence-corrected chi connectivity index (χ0v) is 15.0. The van der Waals surface area contributed by atoms with E-state index < -0.39 is 5.82 Å². The average molecular weight is 368 g/mol. The van der Waals surface area contributed by atoms with E-state index in [1.165, 1.54) is 19.2 Å². The predicted molar refractivity (Wildman–Crippen MR) is 99.8 cm³/mol. The fourth-order valence-electron chi connectivity index (χ4n) is 2.68. The fourth-order valence-corrected chi connectivity index (χ4v) is 2.68. The molecule has 0 atom stereocenters. The second kappa shape index (κ2) is 8.84. The number of urea groups is 1. The minimum Gasteiger partial charge on any atom is -0.494 e. The molecule has 3 aromatic rings. The van der Waals surface area contributed by atoms with Gasteiger partial charge < -0.3 is 19.9 Å². The predicted octanol–water partition coefficient (Wildman–Crippen LogP) is 3.08. The van der Waals surface area contributed by atoms with Crippen LogP contribution in [-0.4, -0.2) is 22.7 Å². The Morgan fingerprint density at radius 3 is 2.52 bits per heavy atom. The van der Waals surface area contributed by atoms with Gasteiger partial charge in [-0.15, -0.1) is 0 Å². The number of amides is 2. The van der Waals surface area contributed by atoms with Gasteiger partial charge in [-0.1, -0.05) is 30.3 Å². The molecule has 0 unspecified atom stereocenters. The summed E-state index contributed by atoms with van der Waals surface area (Å²) in [6.07, 6.45) is 5.41. The molecule has 6 nitrogen and oxygen atoms in total. The first-order valence-electron chi connectivity index (χ1n) is 8.52. The lowest BCUT2D eigenvalue weighted by atomic mass is 10.1. The van der Waals surface area contributed by atoms with Gasteiger partial charge in [-0.25, -0.2) is 14.2 Å². The van der Waals surface area contributed by atoms with E-state index in [4.69, 9.17) is 4.74 Å². The van der Waals surface area contributed by atoms with Crippen LogP contribution in [0, 0.1) is 5.82 Å². The summed E-state index contributed by atoms with van der Waals surface area (Å²) < 4.78 is 20.5. The molecule has 7 heteroatoms. The smallest absolute Gasteiger partial charge is 0.315 e. The van der Waals surface area contributed by atoms with E-state index in [1.54, 1.807) is 18.6 Å². The van der Waals surface area contributed by atoms with E-state index in [0.717, 1.165) is 17.7 Å². The second-order valence-electron chi connectivity index (χ2n) is 6.06. The quantitative estimate of drug-likeness (QED) is 0.673. The molecule has 1 aromatic heterocycles. The van der Waals surface area contributed by atoms with Crippen molar-refractivity contribution >= 4 is 6.03 Å². The Hall–Kier alpha value is -3.35. The maximum atomic E-state index is 13.7. The summed E-state index contributed by atoms with van der Waals surface area (Å²) in [5, 5.41) is 5.52. The van der Waals surface area contributed by atoms with Crippen LogP contribution in [0.15, 0.2) is 61.2 Å². The van der Waals surface area contributed by atoms with Crippen molar-refractivity contribution in [1.82, 2.24) is 20.2 Å². The Morgan fingerprint density at radius 1 is 1.11 bits per heavy atom. The van der Waals surface area contributed by atoms with Gasteiger partial charge in [-0.2, -0.15) is 0 Å². The van der Waals surface area contributed by atoms with Gasteiger partial charge in [0.25, 0.3) is 0 Å². The summed E-state index contributed by atoms with van der Waals surface area (Å²) in [6, 6.07) is 12.3. The van der Waals surface area contributed by atoms with Crippen LogP contribution in [0.3, 0.4) is 0 Å². The largest absolute Gasteiger partial charge is 0.494 e. The highest BCUT2D eigenvalue weighted by Gasteiger charge is 2.06. The molecule has 2 amide bonds. The molecule has 0 radical (unpaired) electrons. The monoisotopic (exact) mass is 368 g/mol. The summed E-state index contributed by atoms with van der Waals surface area (Å²) in [4.78, 5) is 16.0. The Morgan fingerprint density at radius 2 is 1.85 bits per heavy atom. The van der Waals surface area contributed by atoms with Crippen LogP contribution in [0.4, 0.5) is 9.18 Å². The summed E-state index contributed by atoms with van der Waals surface area (Å²) in [6.45, 7) is 1.36. The van der Waals surface area contributed by atoms with Crippen molar-refractivity contribution in [2.75, 3.05) is 7.11 Å². The number of nitrogens with zero attached hydrogens (tertiary/aromatic N) is 2. The fraction of sp³-hybridized carbons (Fsp3) is 0.200. The summed E-state index contributed by atoms with van der Waals surface area (Å²) in [5.74, 6) is -0.273. The van der Waals surface area contributed by atoms with E-state index in [1.807, 2.05) is 35.0 Å². The third-order valence-electron chi connectivity index (χ3n) is 4.04. The van der Waals surface area contributed by atoms with Gasteiger partial charge >= 0.3 is 6.03 Å². The van der Waals surface area contributed by atoms with Gasteiger partial charge in [-0.05, 0) is 28.8 Å². The molecule has 27 heavy (non-hydrogen) atoms. The maximum Gasteiger partial charge on any atom is 0.315 e. The Kier molecular flexibility index (Phi) is 6.04. The minimum atomic E-state index is -0.452. The Balaban J connectivity index is 1.48. The molecule has 0 saturated heterocycles. The normalized spacial score (nSPS) is 10.4. The number of benzene rings is 2. The Labute approximate surface area is 157 Å². The third-order valence-corrected chi connectivity index (χ3v) is 4.04. The number of rotatable bonds is 7. The number of carbonyl (C=O) groups excluding carboxylic acids is 1. The van der Waals surface area contributed by atoms with Crippen LogP contribution in [0.1, 0.15) is 16.7 Å². The number of carbonyl (C=O) groups is 1. The summed E-state index contributed by atoms with van der Waals surface area (Å²) in [7, 11) is 1.41. The molecule has 0 aliphatic rings. The molecule has 3 rings (SSSR count). The van der Waals surface area contributed by atoms with Crippen LogP contribution in [0.25, 0.3) is 0 Å². The molecule has 0 saturated carbocycles. The lowest BCUT2D eigenvalue weighted by molar-refractivity contribution is 0.240. The van der Waals surface area contributed by atoms with Crippen LogP contribution in [0.5, 0.6) is 5.75 Å². The van der Waals surface area contributed by atoms with Gasteiger partial charge in [0, 0.05) is 32.0 Å². The molecule has 2 N–H and O–H groups in total. The van der Waals surface area contributed by atoms with Gasteiger partial charge in [0.1, 0.15) is 0 Å². The van der Waals surface area contributed by atoms with Gasteiger partial charge in [0.2, 0.25) is 0 Å². The van der Waals surface area contributed by atoms with Crippen molar-refractivity contribution in [1.29, 1.82) is 0 Å². The lowest BCUT2D eigenvalue weighted by Gasteiger charge is -2.10. The maximum absolute atomic E-state index is 13.7. The minimum absolute atomic E-state index is 0.179. The molecular weight excluding hydrogens is 347 g/mol. The van der Waals surface area contributed by atoms with E-state index in [9.17, 15) is 9.18 Å². The highest BCUT2D eigenvalue weighted by Crippen LogP contribution is 2.17. The van der Waals surface area contributed by atoms with Crippen molar-refractivity contribution < 1.29 is 13.9 Å². The number of aromatic nitrogens is 2. The summed E-state index contributed by atoms with van der Waals surface area (Å²) >= 11 is 0. The number of methoxy groups -OCH3 is 1. The number of hydrogen-bond acceptors (Lipinski definition) is 3. The SMILES string of the molecule is COc1ccc(CNC(=O)NCc2cccc(Cn3ccnc3)c2)cc1F. The number of imidazole rings is 1. The average Bonchev–Trinajstić information content (AvgIpc) is 3.18. The first kappa shape index (κ1) is 18.4. The molecule has 140 valence electrons. The van der Waals surface area contributed by atoms with Crippen molar-refractivity contribution in [3.8, 4) is 5.75 Å². The molecule has 0 bridgehead atoms. The topological polar surface area (TPSA) is 68.2 Å². The van der Waals surface area contributed by atoms with Crippen LogP contribution >= 0.6 is 0 Å². The summed E-state index contributed by atoms with van der Waals surface area (Å²) in [5.41, 5.74) is 2.78. The van der Waals surface area contributed by atoms with Crippen molar-refractivity contribution in [3.05, 3.63) is 83.7 Å². The Bertz CT molecular complexity index is 897. The zero-order valence-electron chi connectivity index (χ0n) is 15.0. The van der Waals surface area contributed by atoms with Crippen molar-refractivity contribution in [3.63, 3.8) is 0 Å². The van der Waals surface area contributed by atoms with Gasteiger partial charge in [-0.3, -0.25) is 0 Å². The molecular formula is C20H21FN4O2. The zero-order chi connectivity index (χ0) is 19.1. The number of hydrogen-bond donors (Lipinski definition) is 2. The molecule has 0 spiro atoms. The first-order valence-corrected chi connectivity index (χ1v) is 8.52. The van der Waals surface area contributed by atoms with Gasteiger partial charge in [0.15, 0.2) is 11.6 Å². The molecule has 0 aliphatic carbocycles. The van der Waals surface area contributed by atoms with E-state index in [2.05, 4.69) is 15.6 Å². The van der Waals surface area contributed by atoms with Crippen molar-refractivity contribution in [2.24, 2.45) is 0 Å². The van der Waals surface area contributed by atoms with Crippen LogP contribution < -0.4 is 15.4 Å². The van der Waals surface area contributed by atoms with E-state index >= 15 is 0 Å². The van der Waals surface area contributed by atoms with E-state index in [-0.39, 0.29) is 18.3 Å². The van der Waals surface area contributed by atoms with E-state index in [0.29, 0.717) is 12.1 Å².